The van der Waals surface area contributed by atoms with E-state index in [1.54, 1.807) is 0 Å². The van der Waals surface area contributed by atoms with Crippen molar-refractivity contribution in [2.75, 3.05) is 13.2 Å². The molecule has 1 heterocycles. The van der Waals surface area contributed by atoms with Crippen LogP contribution in [0.25, 0.3) is 0 Å². The van der Waals surface area contributed by atoms with Crippen molar-refractivity contribution < 1.29 is 39.8 Å². The smallest absolute Gasteiger partial charge is 0.220 e. The fourth-order valence-corrected chi connectivity index (χ4v) is 6.28. The van der Waals surface area contributed by atoms with E-state index in [0.717, 1.165) is 38.5 Å². The molecule has 0 aliphatic carbocycles. The van der Waals surface area contributed by atoms with Gasteiger partial charge in [0, 0.05) is 6.42 Å². The molecule has 0 radical (unpaired) electrons. The molecule has 46 heavy (non-hydrogen) atoms. The maximum absolute atomic E-state index is 12.8. The van der Waals surface area contributed by atoms with Crippen molar-refractivity contribution in [3.05, 3.63) is 0 Å². The van der Waals surface area contributed by atoms with Crippen LogP contribution in [0, 0.1) is 0 Å². The lowest BCUT2D eigenvalue weighted by Gasteiger charge is -2.40. The van der Waals surface area contributed by atoms with Gasteiger partial charge in [-0.25, -0.2) is 0 Å². The molecule has 0 spiro atoms. The second-order valence-corrected chi connectivity index (χ2v) is 13.7. The molecule has 0 saturated carbocycles. The molecule has 1 aliphatic rings. The van der Waals surface area contributed by atoms with E-state index in [9.17, 15) is 30.3 Å². The van der Waals surface area contributed by atoms with Crippen LogP contribution in [-0.4, -0.2) is 87.5 Å². The summed E-state index contributed by atoms with van der Waals surface area (Å²) in [7, 11) is 0. The maximum atomic E-state index is 12.8. The molecule has 9 heteroatoms. The Hall–Kier alpha value is -0.810. The van der Waals surface area contributed by atoms with Gasteiger partial charge in [-0.15, -0.1) is 0 Å². The molecule has 0 aromatic heterocycles. The molecule has 1 rings (SSSR count). The van der Waals surface area contributed by atoms with Crippen LogP contribution < -0.4 is 5.32 Å². The van der Waals surface area contributed by atoms with Gasteiger partial charge in [0.25, 0.3) is 0 Å². The molecule has 1 saturated heterocycles. The van der Waals surface area contributed by atoms with Gasteiger partial charge in [-0.1, -0.05) is 155 Å². The van der Waals surface area contributed by atoms with Crippen molar-refractivity contribution in [1.82, 2.24) is 5.32 Å². The molecule has 1 amide bonds. The van der Waals surface area contributed by atoms with Gasteiger partial charge in [0.15, 0.2) is 6.29 Å². The van der Waals surface area contributed by atoms with E-state index < -0.39 is 49.5 Å². The summed E-state index contributed by atoms with van der Waals surface area (Å²) in [6.07, 6.45) is 21.1. The van der Waals surface area contributed by atoms with Crippen LogP contribution in [0.15, 0.2) is 0 Å². The SMILES string of the molecule is CCCCCCCCCCCCCC[C@@H](O)[C@H](CO[C@@H]1O[C@H](CO)[C@@H](O)C(O)C1O)NC(=O)CCCCCCCCCCCCC. The van der Waals surface area contributed by atoms with E-state index in [4.69, 9.17) is 9.47 Å². The molecule has 7 atom stereocenters. The van der Waals surface area contributed by atoms with Gasteiger partial charge in [-0.2, -0.15) is 0 Å². The van der Waals surface area contributed by atoms with Crippen molar-refractivity contribution in [1.29, 1.82) is 0 Å². The first kappa shape index (κ1) is 43.2. The highest BCUT2D eigenvalue weighted by Gasteiger charge is 2.44. The Balaban J connectivity index is 2.43. The third-order valence-corrected chi connectivity index (χ3v) is 9.46. The summed E-state index contributed by atoms with van der Waals surface area (Å²) < 4.78 is 11.2. The van der Waals surface area contributed by atoms with Crippen LogP contribution in [0.3, 0.4) is 0 Å². The molecular formula is C37H73NO8. The van der Waals surface area contributed by atoms with Crippen LogP contribution in [0.5, 0.6) is 0 Å². The number of unbranched alkanes of at least 4 members (excludes halogenated alkanes) is 21. The second kappa shape index (κ2) is 29.1. The molecule has 0 aromatic carbocycles. The average molecular weight is 660 g/mol. The van der Waals surface area contributed by atoms with Gasteiger partial charge in [0.2, 0.25) is 5.91 Å². The first-order valence-electron chi connectivity index (χ1n) is 19.2. The molecule has 9 nitrogen and oxygen atoms in total. The fourth-order valence-electron chi connectivity index (χ4n) is 6.28. The Kier molecular flexibility index (Phi) is 27.4. The quantitative estimate of drug-likeness (QED) is 0.0466. The van der Waals surface area contributed by atoms with Crippen LogP contribution in [-0.2, 0) is 14.3 Å². The highest BCUT2D eigenvalue weighted by Crippen LogP contribution is 2.23. The lowest BCUT2D eigenvalue weighted by atomic mass is 9.99. The van der Waals surface area contributed by atoms with Crippen molar-refractivity contribution in [3.63, 3.8) is 0 Å². The Labute approximate surface area is 281 Å². The molecule has 0 aromatic rings. The zero-order valence-corrected chi connectivity index (χ0v) is 29.6. The predicted octanol–water partition coefficient (Wildman–Crippen LogP) is 6.44. The number of hydrogen-bond acceptors (Lipinski definition) is 8. The van der Waals surface area contributed by atoms with Crippen LogP contribution in [0.1, 0.15) is 174 Å². The zero-order valence-electron chi connectivity index (χ0n) is 29.6. The second-order valence-electron chi connectivity index (χ2n) is 13.7. The van der Waals surface area contributed by atoms with Gasteiger partial charge < -0.3 is 40.3 Å². The number of aliphatic hydroxyl groups is 5. The van der Waals surface area contributed by atoms with E-state index in [2.05, 4.69) is 19.2 Å². The van der Waals surface area contributed by atoms with Crippen molar-refractivity contribution in [3.8, 4) is 0 Å². The van der Waals surface area contributed by atoms with E-state index in [0.29, 0.717) is 12.8 Å². The lowest BCUT2D eigenvalue weighted by molar-refractivity contribution is -0.302. The molecule has 2 unspecified atom stereocenters. The monoisotopic (exact) mass is 660 g/mol. The number of ether oxygens (including phenoxy) is 2. The van der Waals surface area contributed by atoms with E-state index >= 15 is 0 Å². The zero-order chi connectivity index (χ0) is 33.8. The predicted molar refractivity (Wildman–Crippen MR) is 184 cm³/mol. The maximum Gasteiger partial charge on any atom is 0.220 e. The summed E-state index contributed by atoms with van der Waals surface area (Å²) in [4.78, 5) is 12.8. The van der Waals surface area contributed by atoms with Crippen molar-refractivity contribution >= 4 is 5.91 Å². The highest BCUT2D eigenvalue weighted by atomic mass is 16.7. The Morgan fingerprint density at radius 3 is 1.54 bits per heavy atom. The number of hydrogen-bond donors (Lipinski definition) is 6. The number of nitrogens with one attached hydrogen (secondary N) is 1. The summed E-state index contributed by atoms with van der Waals surface area (Å²) >= 11 is 0. The van der Waals surface area contributed by atoms with Gasteiger partial charge in [0.05, 0.1) is 25.4 Å². The minimum absolute atomic E-state index is 0.133. The van der Waals surface area contributed by atoms with Crippen molar-refractivity contribution in [2.45, 2.75) is 217 Å². The van der Waals surface area contributed by atoms with Gasteiger partial charge in [0.1, 0.15) is 24.4 Å². The van der Waals surface area contributed by atoms with Gasteiger partial charge in [-0.05, 0) is 12.8 Å². The summed E-state index contributed by atoms with van der Waals surface area (Å²) in [6, 6.07) is -0.708. The topological polar surface area (TPSA) is 149 Å². The van der Waals surface area contributed by atoms with E-state index in [1.165, 1.54) is 109 Å². The molecule has 274 valence electrons. The van der Waals surface area contributed by atoms with Crippen LogP contribution >= 0.6 is 0 Å². The standard InChI is InChI=1S/C37H73NO8/c1-3-5-7-9-11-13-15-17-18-20-22-24-26-31(40)30(29-45-37-36(44)35(43)34(42)32(28-39)46-37)38-33(41)27-25-23-21-19-16-14-12-10-8-6-4-2/h30-32,34-37,39-40,42-44H,3-29H2,1-2H3,(H,38,41)/t30-,31+,32+,34+,35?,36?,37+/m0/s1. The molecule has 6 N–H and O–H groups in total. The van der Waals surface area contributed by atoms with E-state index in [1.807, 2.05) is 0 Å². The normalized spacial score (nSPS) is 23.0. The summed E-state index contributed by atoms with van der Waals surface area (Å²) in [5.74, 6) is -0.146. The number of rotatable bonds is 31. The highest BCUT2D eigenvalue weighted by molar-refractivity contribution is 5.76. The van der Waals surface area contributed by atoms with Crippen molar-refractivity contribution in [2.24, 2.45) is 0 Å². The average Bonchev–Trinajstić information content (AvgIpc) is 3.05. The summed E-state index contributed by atoms with van der Waals surface area (Å²) in [5.41, 5.74) is 0. The minimum atomic E-state index is -1.55. The van der Waals surface area contributed by atoms with Gasteiger partial charge in [-0.3, -0.25) is 4.79 Å². The molecule has 1 fully saturated rings. The first-order chi connectivity index (χ1) is 22.3. The molecule has 0 bridgehead atoms. The third-order valence-electron chi connectivity index (χ3n) is 9.46. The number of carbonyl (C=O) groups excluding carboxylic acids is 1. The first-order valence-corrected chi connectivity index (χ1v) is 19.2. The number of aliphatic hydroxyl groups excluding tert-OH is 5. The van der Waals surface area contributed by atoms with Gasteiger partial charge >= 0.3 is 0 Å². The fraction of sp³-hybridized carbons (Fsp3) is 0.973. The Bertz CT molecular complexity index is 696. The third kappa shape index (κ3) is 20.5. The largest absolute Gasteiger partial charge is 0.394 e. The van der Waals surface area contributed by atoms with E-state index in [-0.39, 0.29) is 12.5 Å². The minimum Gasteiger partial charge on any atom is -0.394 e. The number of carbonyl (C=O) groups is 1. The molecular weight excluding hydrogens is 586 g/mol. The van der Waals surface area contributed by atoms with Crippen LogP contribution in [0.4, 0.5) is 0 Å². The van der Waals surface area contributed by atoms with Crippen LogP contribution in [0.2, 0.25) is 0 Å². The Morgan fingerprint density at radius 1 is 0.652 bits per heavy atom. The summed E-state index contributed by atoms with van der Waals surface area (Å²) in [6.45, 7) is 3.80. The summed E-state index contributed by atoms with van der Waals surface area (Å²) in [5, 5.41) is 54.0. The Morgan fingerprint density at radius 2 is 1.09 bits per heavy atom. The molecule has 1 aliphatic heterocycles. The number of amides is 1. The lowest BCUT2D eigenvalue weighted by Crippen LogP contribution is -2.60.